The van der Waals surface area contributed by atoms with Crippen LogP contribution < -0.4 is 16.0 Å². The van der Waals surface area contributed by atoms with E-state index in [9.17, 15) is 9.59 Å². The molecule has 0 bridgehead atoms. The number of para-hydroxylation sites is 1. The zero-order chi connectivity index (χ0) is 27.2. The molecular weight excluding hydrogens is 514 g/mol. The Balaban J connectivity index is 1.43. The van der Waals surface area contributed by atoms with Gasteiger partial charge in [-0.2, -0.15) is 5.10 Å². The molecule has 3 heterocycles. The lowest BCUT2D eigenvalue weighted by Crippen LogP contribution is -2.23. The van der Waals surface area contributed by atoms with Gasteiger partial charge in [-0.15, -0.1) is 0 Å². The number of nitrogens with one attached hydrogen (secondary N) is 3. The topological polar surface area (TPSA) is 114 Å². The lowest BCUT2D eigenvalue weighted by molar-refractivity contribution is 0.0944. The second-order valence-electron chi connectivity index (χ2n) is 8.47. The SMILES string of the molecule is CNc1cccc(-c2ccc(Cl)c(C(=O)Nc3cc(C(=O)NCc4ccccn4)nn3-c3ccccc3)c2)n1. The second kappa shape index (κ2) is 11.6. The summed E-state index contributed by atoms with van der Waals surface area (Å²) in [5.41, 5.74) is 3.20. The van der Waals surface area contributed by atoms with Crippen molar-refractivity contribution >= 4 is 35.1 Å². The van der Waals surface area contributed by atoms with Crippen LogP contribution in [0.25, 0.3) is 16.9 Å². The van der Waals surface area contributed by atoms with E-state index in [1.165, 1.54) is 10.7 Å². The van der Waals surface area contributed by atoms with Gasteiger partial charge in [0.1, 0.15) is 11.6 Å². The molecule has 0 aliphatic rings. The zero-order valence-corrected chi connectivity index (χ0v) is 21.7. The Bertz CT molecular complexity index is 1620. The minimum absolute atomic E-state index is 0.137. The van der Waals surface area contributed by atoms with E-state index in [1.54, 1.807) is 37.5 Å². The molecule has 0 saturated carbocycles. The van der Waals surface area contributed by atoms with Crippen LogP contribution in [0.1, 0.15) is 26.5 Å². The van der Waals surface area contributed by atoms with E-state index in [4.69, 9.17) is 11.6 Å². The van der Waals surface area contributed by atoms with Crippen LogP contribution >= 0.6 is 11.6 Å². The van der Waals surface area contributed by atoms with Gasteiger partial charge in [-0.25, -0.2) is 9.67 Å². The van der Waals surface area contributed by atoms with Crippen LogP contribution in [0.15, 0.2) is 97.2 Å². The van der Waals surface area contributed by atoms with Gasteiger partial charge in [-0.1, -0.05) is 48.0 Å². The molecule has 5 rings (SSSR count). The molecule has 9 nitrogen and oxygen atoms in total. The Morgan fingerprint density at radius 1 is 0.897 bits per heavy atom. The smallest absolute Gasteiger partial charge is 0.272 e. The quantitative estimate of drug-likeness (QED) is 0.250. The molecule has 194 valence electrons. The summed E-state index contributed by atoms with van der Waals surface area (Å²) in [4.78, 5) is 35.1. The first-order valence-electron chi connectivity index (χ1n) is 12.1. The van der Waals surface area contributed by atoms with E-state index in [1.807, 2.05) is 60.7 Å². The van der Waals surface area contributed by atoms with Crippen molar-refractivity contribution in [3.05, 3.63) is 119 Å². The normalized spacial score (nSPS) is 10.6. The molecule has 0 unspecified atom stereocenters. The van der Waals surface area contributed by atoms with Crippen molar-refractivity contribution in [2.45, 2.75) is 6.54 Å². The first-order chi connectivity index (χ1) is 19.0. The number of carbonyl (C=O) groups excluding carboxylic acids is 2. The molecule has 2 aromatic carbocycles. The number of anilines is 2. The van der Waals surface area contributed by atoms with Gasteiger partial charge >= 0.3 is 0 Å². The Labute approximate surface area is 229 Å². The van der Waals surface area contributed by atoms with E-state index in [0.29, 0.717) is 28.7 Å². The van der Waals surface area contributed by atoms with Crippen LogP contribution in [-0.4, -0.2) is 38.6 Å². The third-order valence-electron chi connectivity index (χ3n) is 5.85. The largest absolute Gasteiger partial charge is 0.373 e. The predicted molar refractivity (Wildman–Crippen MR) is 151 cm³/mol. The van der Waals surface area contributed by atoms with Gasteiger partial charge in [0.05, 0.1) is 34.2 Å². The van der Waals surface area contributed by atoms with Crippen LogP contribution in [0, 0.1) is 0 Å². The number of hydrogen-bond donors (Lipinski definition) is 3. The highest BCUT2D eigenvalue weighted by molar-refractivity contribution is 6.34. The van der Waals surface area contributed by atoms with E-state index < -0.39 is 11.8 Å². The molecule has 10 heteroatoms. The lowest BCUT2D eigenvalue weighted by Gasteiger charge is -2.11. The Morgan fingerprint density at radius 3 is 2.49 bits per heavy atom. The van der Waals surface area contributed by atoms with Crippen molar-refractivity contribution < 1.29 is 9.59 Å². The summed E-state index contributed by atoms with van der Waals surface area (Å²) in [6.07, 6.45) is 1.66. The van der Waals surface area contributed by atoms with Crippen molar-refractivity contribution in [3.63, 3.8) is 0 Å². The maximum Gasteiger partial charge on any atom is 0.272 e. The number of nitrogens with zero attached hydrogens (tertiary/aromatic N) is 4. The van der Waals surface area contributed by atoms with E-state index in [-0.39, 0.29) is 22.8 Å². The number of carbonyl (C=O) groups is 2. The number of rotatable bonds is 8. The fraction of sp³-hybridized carbons (Fsp3) is 0.0690. The third kappa shape index (κ3) is 5.94. The number of pyridine rings is 2. The Morgan fingerprint density at radius 2 is 1.72 bits per heavy atom. The summed E-state index contributed by atoms with van der Waals surface area (Å²) in [5.74, 6) is 0.158. The number of amides is 2. The van der Waals surface area contributed by atoms with Gasteiger partial charge in [0.15, 0.2) is 5.69 Å². The molecule has 3 N–H and O–H groups in total. The highest BCUT2D eigenvalue weighted by Crippen LogP contribution is 2.26. The monoisotopic (exact) mass is 537 g/mol. The summed E-state index contributed by atoms with van der Waals surface area (Å²) in [5, 5.41) is 13.4. The predicted octanol–water partition coefficient (Wildman–Crippen LogP) is 5.21. The van der Waals surface area contributed by atoms with Crippen molar-refractivity contribution in [2.24, 2.45) is 0 Å². The van der Waals surface area contributed by atoms with Crippen molar-refractivity contribution in [2.75, 3.05) is 17.7 Å². The minimum Gasteiger partial charge on any atom is -0.373 e. The maximum atomic E-state index is 13.4. The second-order valence-corrected chi connectivity index (χ2v) is 8.88. The molecule has 3 aromatic heterocycles. The van der Waals surface area contributed by atoms with Crippen LogP contribution in [0.5, 0.6) is 0 Å². The Hall–Kier alpha value is -5.02. The average Bonchev–Trinajstić information content (AvgIpc) is 3.41. The molecule has 0 saturated heterocycles. The maximum absolute atomic E-state index is 13.4. The van der Waals surface area contributed by atoms with Gasteiger partial charge in [0, 0.05) is 24.9 Å². The summed E-state index contributed by atoms with van der Waals surface area (Å²) in [7, 11) is 1.79. The molecule has 0 aliphatic carbocycles. The molecular formula is C29H24ClN7O2. The summed E-state index contributed by atoms with van der Waals surface area (Å²) < 4.78 is 1.50. The average molecular weight is 538 g/mol. The summed E-state index contributed by atoms with van der Waals surface area (Å²) in [6, 6.07) is 26.9. The highest BCUT2D eigenvalue weighted by Gasteiger charge is 2.20. The number of benzene rings is 2. The molecule has 0 atom stereocenters. The molecule has 0 fully saturated rings. The van der Waals surface area contributed by atoms with Gasteiger partial charge in [-0.3, -0.25) is 14.6 Å². The zero-order valence-electron chi connectivity index (χ0n) is 20.9. The molecule has 5 aromatic rings. The van der Waals surface area contributed by atoms with Crippen LogP contribution in [0.2, 0.25) is 5.02 Å². The minimum atomic E-state index is -0.454. The standard InChI is InChI=1S/C29H24ClN7O2/c1-31-26-12-7-11-24(34-26)19-13-14-23(30)22(16-19)28(38)35-27-17-25(36-37(27)21-9-3-2-4-10-21)29(39)33-18-20-8-5-6-15-32-20/h2-17H,18H2,1H3,(H,31,34)(H,33,39)(H,35,38). The summed E-state index contributed by atoms with van der Waals surface area (Å²) in [6.45, 7) is 0.241. The third-order valence-corrected chi connectivity index (χ3v) is 6.18. The van der Waals surface area contributed by atoms with Gasteiger partial charge < -0.3 is 16.0 Å². The highest BCUT2D eigenvalue weighted by atomic mass is 35.5. The van der Waals surface area contributed by atoms with Gasteiger partial charge in [0.25, 0.3) is 11.8 Å². The molecule has 39 heavy (non-hydrogen) atoms. The molecule has 0 spiro atoms. The fourth-order valence-corrected chi connectivity index (χ4v) is 4.09. The molecule has 0 radical (unpaired) electrons. The number of aromatic nitrogens is 4. The number of hydrogen-bond acceptors (Lipinski definition) is 6. The van der Waals surface area contributed by atoms with Gasteiger partial charge in [0.2, 0.25) is 0 Å². The van der Waals surface area contributed by atoms with Crippen LogP contribution in [-0.2, 0) is 6.54 Å². The van der Waals surface area contributed by atoms with Crippen molar-refractivity contribution in [1.82, 2.24) is 25.1 Å². The fourth-order valence-electron chi connectivity index (χ4n) is 3.89. The van der Waals surface area contributed by atoms with E-state index in [0.717, 1.165) is 5.56 Å². The molecule has 0 aliphatic heterocycles. The van der Waals surface area contributed by atoms with Crippen molar-refractivity contribution in [1.29, 1.82) is 0 Å². The van der Waals surface area contributed by atoms with E-state index >= 15 is 0 Å². The number of halogens is 1. The van der Waals surface area contributed by atoms with Crippen molar-refractivity contribution in [3.8, 4) is 16.9 Å². The molecule has 2 amide bonds. The first kappa shape index (κ1) is 25.6. The van der Waals surface area contributed by atoms with Crippen LogP contribution in [0.3, 0.4) is 0 Å². The first-order valence-corrected chi connectivity index (χ1v) is 12.5. The summed E-state index contributed by atoms with van der Waals surface area (Å²) >= 11 is 6.43. The Kier molecular flexibility index (Phi) is 7.60. The lowest BCUT2D eigenvalue weighted by atomic mass is 10.1. The van der Waals surface area contributed by atoms with Crippen LogP contribution in [0.4, 0.5) is 11.6 Å². The van der Waals surface area contributed by atoms with Gasteiger partial charge in [-0.05, 0) is 48.5 Å². The van der Waals surface area contributed by atoms with E-state index in [2.05, 4.69) is 31.0 Å².